The summed E-state index contributed by atoms with van der Waals surface area (Å²) in [6.45, 7) is -2.52. The second-order valence-corrected chi connectivity index (χ2v) is 25.0. The Labute approximate surface area is 564 Å². The summed E-state index contributed by atoms with van der Waals surface area (Å²) in [6, 6.07) is 0. The van der Waals surface area contributed by atoms with Crippen LogP contribution in [0.25, 0.3) is 0 Å². The molecule has 0 unspecified atom stereocenters. The number of aliphatic hydroxyl groups is 18. The van der Waals surface area contributed by atoms with E-state index in [2.05, 4.69) is 0 Å². The topological polar surface area (TPSA) is 726 Å². The van der Waals surface area contributed by atoms with E-state index in [1.165, 1.54) is 0 Å². The molecule has 0 saturated carbocycles. The zero-order chi connectivity index (χ0) is 74.1. The Morgan fingerprint density at radius 3 is 1.26 bits per heavy atom. The minimum atomic E-state index is -2.56. The summed E-state index contributed by atoms with van der Waals surface area (Å²) in [7, 11) is 0. The summed E-state index contributed by atoms with van der Waals surface area (Å²) >= 11 is 0. The van der Waals surface area contributed by atoms with Gasteiger partial charge in [-0.15, -0.1) is 0 Å². The van der Waals surface area contributed by atoms with Gasteiger partial charge >= 0.3 is 29.8 Å². The quantitative estimate of drug-likeness (QED) is 0.0479. The second-order valence-electron chi connectivity index (χ2n) is 25.0. The fourth-order valence-electron chi connectivity index (χ4n) is 12.5. The molecule has 0 aliphatic carbocycles. The van der Waals surface area contributed by atoms with Crippen molar-refractivity contribution in [1.29, 1.82) is 0 Å². The standard InChI is InChI=1S/C54H78O47/c1-53(51(79)80)84-7-14-33(100-53)20(62)26(68)47(90-14)97-37-29(71)50(91-15-8-85-54(2,52(81)82)101-34(15)37)93-31-12(5-56)89-46(25(67)19(31)61)92-30-11(4-55)88-44(24(66)18(30)60)83-6-13-32(17(59)23(65)43(78)86-13)94-48-27(69)21(63)36(39(98-48)42(76)77)96-49-28(70)22(64)35(38(99-49)41(74)75)95-45-16(58)9(57)3-10(87-45)40(72)73/h3,9,11-39,43-50,55-71,78H,4-8H2,1-2H3,(H,72,73)(H,74,75)(H,76,77)(H,79,80)(H,81,82)/t9-,11+,12+,13+,14+,15+,16+,17+,18+,19+,20+,21+,22+,23+,24+,25+,26+,27+,28+,29+,30+,31+,32+,33-,34+,35-,36-,37+,38-,39-,43+,44+,45-,46-,47-,48+,49+,50-,53-,54-/m0/s1. The first-order valence-corrected chi connectivity index (χ1v) is 30.9. The van der Waals surface area contributed by atoms with E-state index in [0.29, 0.717) is 6.08 Å². The van der Waals surface area contributed by atoms with Crippen molar-refractivity contribution in [2.24, 2.45) is 0 Å². The van der Waals surface area contributed by atoms with Crippen LogP contribution in [-0.4, -0.2) is 425 Å². The van der Waals surface area contributed by atoms with Crippen LogP contribution >= 0.6 is 0 Å². The molecule has 101 heavy (non-hydrogen) atoms. The van der Waals surface area contributed by atoms with Crippen LogP contribution in [0.1, 0.15) is 13.8 Å². The van der Waals surface area contributed by atoms with Gasteiger partial charge in [0, 0.05) is 13.8 Å². The van der Waals surface area contributed by atoms with E-state index in [9.17, 15) is 141 Å². The fraction of sp³-hybridized carbons (Fsp3) is 0.870. The molecule has 9 saturated heterocycles. The van der Waals surface area contributed by atoms with Crippen LogP contribution < -0.4 is 0 Å². The SMILES string of the molecule is C[C@]1(C(=O)O)OC[C@H]2O[C@@H](O[C@@H]3[C@@H](O)[C@H](O[C@H]4[C@H](O)[C@@H](O)[C@H](O[C@H]5[C@H](O)[C@@H](O)[C@H](OC[C@H]6O[C@@H](O)[C@H](O)[C@@H](O)[C@@H]6O[C@@H]6O[C@H](C(=O)O)[C@@H](O[C@@H]7O[C@H](C(=O)O)[C@@H](O[C@@H]8OC(C(=O)O)=C[C@H](O)[C@H]8O)[C@H](O)[C@H]7O)[C@H](O)[C@H]6O)O[C@@H]5CO)O[C@@H]4CO)O[C@@H]4CO[C@](C)(C(=O)O)O[C@@H]34)[C@H](O)[C@@H](O)[C@H]2O1. The van der Waals surface area contributed by atoms with Gasteiger partial charge in [-0.2, -0.15) is 0 Å². The lowest BCUT2D eigenvalue weighted by Crippen LogP contribution is -2.71. The highest BCUT2D eigenvalue weighted by Crippen LogP contribution is 2.42. The summed E-state index contributed by atoms with van der Waals surface area (Å²) in [5.74, 6) is -14.8. The van der Waals surface area contributed by atoms with Crippen LogP contribution in [0.15, 0.2) is 11.8 Å². The molecule has 0 bridgehead atoms. The molecule has 23 N–H and O–H groups in total. The van der Waals surface area contributed by atoms with Crippen molar-refractivity contribution in [2.45, 2.75) is 259 Å². The van der Waals surface area contributed by atoms with E-state index in [0.717, 1.165) is 13.8 Å². The van der Waals surface area contributed by atoms with Gasteiger partial charge in [-0.1, -0.05) is 0 Å². The molecule has 0 aromatic heterocycles. The zero-order valence-corrected chi connectivity index (χ0v) is 52.1. The molecular weight excluding hydrogens is 1400 g/mol. The number of fused-ring (bicyclic) bond motifs is 2. The minimum absolute atomic E-state index is 0.550. The van der Waals surface area contributed by atoms with Crippen molar-refractivity contribution in [2.75, 3.05) is 33.0 Å². The minimum Gasteiger partial charge on any atom is -0.479 e. The van der Waals surface area contributed by atoms with Crippen LogP contribution in [0.4, 0.5) is 0 Å². The lowest BCUT2D eigenvalue weighted by atomic mass is 9.94. The molecular formula is C54H78O47. The van der Waals surface area contributed by atoms with Gasteiger partial charge in [0.25, 0.3) is 11.6 Å². The van der Waals surface area contributed by atoms with E-state index in [-0.39, 0.29) is 0 Å². The van der Waals surface area contributed by atoms with E-state index in [1.807, 2.05) is 0 Å². The van der Waals surface area contributed by atoms with E-state index < -0.39 is 314 Å². The van der Waals surface area contributed by atoms with E-state index >= 15 is 0 Å². The highest BCUT2D eigenvalue weighted by atomic mass is 16.8. The maximum absolute atomic E-state index is 12.7. The number of carbonyl (C=O) groups is 5. The molecule has 47 nitrogen and oxygen atoms in total. The Hall–Kier alpha value is -4.55. The Morgan fingerprint density at radius 1 is 0.406 bits per heavy atom. The van der Waals surface area contributed by atoms with Crippen LogP contribution in [0, 0.1) is 0 Å². The van der Waals surface area contributed by atoms with Gasteiger partial charge in [0.2, 0.25) is 12.0 Å². The molecule has 10 aliphatic rings. The Balaban J connectivity index is 0.767. The van der Waals surface area contributed by atoms with Crippen molar-refractivity contribution < 1.29 is 231 Å². The maximum atomic E-state index is 12.7. The molecule has 0 amide bonds. The first-order chi connectivity index (χ1) is 47.4. The van der Waals surface area contributed by atoms with Gasteiger partial charge in [-0.3, -0.25) is 0 Å². The van der Waals surface area contributed by atoms with Crippen molar-refractivity contribution in [3.05, 3.63) is 11.8 Å². The number of ether oxygens (including phenoxy) is 19. The maximum Gasteiger partial charge on any atom is 0.371 e. The van der Waals surface area contributed by atoms with Crippen molar-refractivity contribution in [3.63, 3.8) is 0 Å². The van der Waals surface area contributed by atoms with Crippen LogP contribution in [0.3, 0.4) is 0 Å². The molecule has 9 fully saturated rings. The third-order valence-corrected chi connectivity index (χ3v) is 18.3. The highest BCUT2D eigenvalue weighted by Gasteiger charge is 2.63. The fourth-order valence-corrected chi connectivity index (χ4v) is 12.5. The lowest BCUT2D eigenvalue weighted by molar-refractivity contribution is -0.424. The molecule has 10 heterocycles. The van der Waals surface area contributed by atoms with Crippen LogP contribution in [0.5, 0.6) is 0 Å². The molecule has 10 aliphatic heterocycles. The number of aliphatic hydroxyl groups excluding tert-OH is 18. The molecule has 0 radical (unpaired) electrons. The predicted octanol–water partition coefficient (Wildman–Crippen LogP) is -15.3. The van der Waals surface area contributed by atoms with Gasteiger partial charge in [-0.05, 0) is 6.08 Å². The molecule has 10 rings (SSSR count). The number of hydrogen-bond acceptors (Lipinski definition) is 42. The van der Waals surface area contributed by atoms with E-state index in [1.54, 1.807) is 0 Å². The predicted molar refractivity (Wildman–Crippen MR) is 292 cm³/mol. The average molecular weight is 1480 g/mol. The largest absolute Gasteiger partial charge is 0.479 e. The van der Waals surface area contributed by atoms with Crippen LogP contribution in [-0.2, 0) is 114 Å². The highest BCUT2D eigenvalue weighted by molar-refractivity contribution is 5.84. The third-order valence-electron chi connectivity index (χ3n) is 18.3. The van der Waals surface area contributed by atoms with Gasteiger partial charge in [0.05, 0.1) is 33.0 Å². The number of carboxylic acid groups (broad SMARTS) is 5. The van der Waals surface area contributed by atoms with Crippen molar-refractivity contribution >= 4 is 29.8 Å². The van der Waals surface area contributed by atoms with Gasteiger partial charge in [0.1, 0.15) is 171 Å². The second kappa shape index (κ2) is 31.5. The first kappa shape index (κ1) is 79.0. The average Bonchev–Trinajstić information content (AvgIpc) is 0.754. The molecule has 0 spiro atoms. The van der Waals surface area contributed by atoms with Crippen molar-refractivity contribution in [3.8, 4) is 0 Å². The summed E-state index contributed by atoms with van der Waals surface area (Å²) in [5, 5.41) is 248. The molecule has 40 atom stereocenters. The van der Waals surface area contributed by atoms with E-state index in [4.69, 9.17) is 90.0 Å². The van der Waals surface area contributed by atoms with Crippen molar-refractivity contribution in [1.82, 2.24) is 0 Å². The molecule has 47 heteroatoms. The lowest BCUT2D eigenvalue weighted by Gasteiger charge is -2.53. The first-order valence-electron chi connectivity index (χ1n) is 30.9. The summed E-state index contributed by atoms with van der Waals surface area (Å²) in [6.07, 6.45) is -80.8. The molecule has 0 aromatic rings. The van der Waals surface area contributed by atoms with Gasteiger partial charge < -0.3 is 207 Å². The Kier molecular flexibility index (Phi) is 24.6. The van der Waals surface area contributed by atoms with Gasteiger partial charge in [-0.25, -0.2) is 24.0 Å². The smallest absolute Gasteiger partial charge is 0.371 e. The van der Waals surface area contributed by atoms with Crippen LogP contribution in [0.2, 0.25) is 0 Å². The number of aliphatic carboxylic acids is 5. The summed E-state index contributed by atoms with van der Waals surface area (Å²) in [4.78, 5) is 60.8. The van der Waals surface area contributed by atoms with Gasteiger partial charge in [0.15, 0.2) is 56.2 Å². The number of rotatable bonds is 22. The zero-order valence-electron chi connectivity index (χ0n) is 52.1. The monoisotopic (exact) mass is 1480 g/mol. The number of carboxylic acids is 5. The normalized spacial score (nSPS) is 51.1. The molecule has 0 aromatic carbocycles. The Morgan fingerprint density at radius 2 is 0.782 bits per heavy atom. The summed E-state index contributed by atoms with van der Waals surface area (Å²) in [5.41, 5.74) is 0. The third kappa shape index (κ3) is 15.7. The molecule has 576 valence electrons. The number of hydrogen-bond donors (Lipinski definition) is 23. The summed E-state index contributed by atoms with van der Waals surface area (Å²) < 4.78 is 105. The Bertz CT molecular complexity index is 2910.